The van der Waals surface area contributed by atoms with Crippen molar-refractivity contribution >= 4 is 23.4 Å². The Labute approximate surface area is 150 Å². The lowest BCUT2D eigenvalue weighted by atomic mass is 10.0. The number of rotatable bonds is 7. The molecule has 2 unspecified atom stereocenters. The average Bonchev–Trinajstić information content (AvgIpc) is 2.62. The summed E-state index contributed by atoms with van der Waals surface area (Å²) in [6.07, 6.45) is -1.54. The molecule has 0 spiro atoms. The Bertz CT molecular complexity index is 700. The van der Waals surface area contributed by atoms with Crippen molar-refractivity contribution in [3.8, 4) is 0 Å². The number of carbonyl (C=O) groups excluding carboxylic acids is 1. The zero-order valence-corrected chi connectivity index (χ0v) is 14.2. The monoisotopic (exact) mass is 365 g/mol. The van der Waals surface area contributed by atoms with E-state index in [1.807, 2.05) is 30.3 Å². The Kier molecular flexibility index (Phi) is 7.00. The number of anilines is 1. The van der Waals surface area contributed by atoms with Gasteiger partial charge >= 0.3 is 6.09 Å². The highest BCUT2D eigenvalue weighted by Crippen LogP contribution is 2.26. The van der Waals surface area contributed by atoms with Crippen molar-refractivity contribution in [2.75, 3.05) is 12.3 Å². The molecule has 25 heavy (non-hydrogen) atoms. The van der Waals surface area contributed by atoms with Crippen LogP contribution in [0.15, 0.2) is 42.6 Å². The zero-order chi connectivity index (χ0) is 18.2. The molecule has 0 aliphatic carbocycles. The van der Waals surface area contributed by atoms with Gasteiger partial charge < -0.3 is 26.0 Å². The number of aliphatic hydroxyl groups excluding tert-OH is 2. The van der Waals surface area contributed by atoms with Crippen molar-refractivity contribution in [1.82, 2.24) is 10.3 Å². The maximum absolute atomic E-state index is 11.6. The lowest BCUT2D eigenvalue weighted by molar-refractivity contribution is 0.0135. The number of halogens is 1. The van der Waals surface area contributed by atoms with Crippen molar-refractivity contribution in [2.24, 2.45) is 0 Å². The quantitative estimate of drug-likeness (QED) is 0.557. The number of nitrogens with two attached hydrogens (primary N) is 1. The highest BCUT2D eigenvalue weighted by atomic mass is 35.5. The van der Waals surface area contributed by atoms with Crippen LogP contribution in [-0.2, 0) is 11.3 Å². The number of benzene rings is 1. The van der Waals surface area contributed by atoms with Crippen LogP contribution in [0, 0.1) is 0 Å². The number of ether oxygens (including phenoxy) is 1. The Morgan fingerprint density at radius 3 is 2.76 bits per heavy atom. The first-order valence-corrected chi connectivity index (χ1v) is 8.06. The van der Waals surface area contributed by atoms with Crippen molar-refractivity contribution in [3.63, 3.8) is 0 Å². The maximum atomic E-state index is 11.6. The normalized spacial score (nSPS) is 13.1. The van der Waals surface area contributed by atoms with Gasteiger partial charge in [0.25, 0.3) is 0 Å². The minimum absolute atomic E-state index is 0.0657. The molecule has 5 N–H and O–H groups in total. The predicted octanol–water partition coefficient (Wildman–Crippen LogP) is 2.03. The van der Waals surface area contributed by atoms with E-state index in [2.05, 4.69) is 10.3 Å². The standard InChI is InChI=1S/C17H20ClN3O4/c18-16-13(8-12(19)9-21-16)15(23)14(22)6-7-20-17(24)25-10-11-4-2-1-3-5-11/h1-5,8-9,14-15,22-23H,6-7,10,19H2,(H,20,24). The van der Waals surface area contributed by atoms with E-state index in [4.69, 9.17) is 22.1 Å². The zero-order valence-electron chi connectivity index (χ0n) is 13.4. The molecule has 0 bridgehead atoms. The molecule has 2 rings (SSSR count). The number of alkyl carbamates (subject to hydrolysis) is 1. The molecular weight excluding hydrogens is 346 g/mol. The highest BCUT2D eigenvalue weighted by molar-refractivity contribution is 6.30. The third kappa shape index (κ3) is 5.90. The fraction of sp³-hybridized carbons (Fsp3) is 0.294. The van der Waals surface area contributed by atoms with Crippen LogP contribution in [0.3, 0.4) is 0 Å². The Morgan fingerprint density at radius 2 is 2.04 bits per heavy atom. The molecule has 0 aliphatic rings. The molecule has 0 aliphatic heterocycles. The number of hydrogen-bond acceptors (Lipinski definition) is 6. The second kappa shape index (κ2) is 9.22. The van der Waals surface area contributed by atoms with Gasteiger partial charge in [-0.2, -0.15) is 0 Å². The van der Waals surface area contributed by atoms with Gasteiger partial charge in [0.05, 0.1) is 18.0 Å². The van der Waals surface area contributed by atoms with Crippen LogP contribution in [0.5, 0.6) is 0 Å². The summed E-state index contributed by atoms with van der Waals surface area (Å²) in [5.41, 5.74) is 7.04. The van der Waals surface area contributed by atoms with E-state index in [1.54, 1.807) is 0 Å². The fourth-order valence-corrected chi connectivity index (χ4v) is 2.37. The molecular formula is C17H20ClN3O4. The lowest BCUT2D eigenvalue weighted by Gasteiger charge is -2.19. The summed E-state index contributed by atoms with van der Waals surface area (Å²) >= 11 is 5.89. The van der Waals surface area contributed by atoms with Crippen LogP contribution >= 0.6 is 11.6 Å². The molecule has 1 aromatic carbocycles. The van der Waals surface area contributed by atoms with E-state index in [9.17, 15) is 15.0 Å². The Balaban J connectivity index is 1.75. The van der Waals surface area contributed by atoms with E-state index in [0.29, 0.717) is 5.69 Å². The topological polar surface area (TPSA) is 118 Å². The van der Waals surface area contributed by atoms with Gasteiger partial charge in [-0.05, 0) is 18.1 Å². The molecule has 0 radical (unpaired) electrons. The molecule has 134 valence electrons. The van der Waals surface area contributed by atoms with Gasteiger partial charge in [0.1, 0.15) is 17.9 Å². The van der Waals surface area contributed by atoms with Gasteiger partial charge in [-0.1, -0.05) is 41.9 Å². The molecule has 0 fully saturated rings. The predicted molar refractivity (Wildman–Crippen MR) is 93.9 cm³/mol. The van der Waals surface area contributed by atoms with E-state index in [0.717, 1.165) is 5.56 Å². The number of nitrogen functional groups attached to an aromatic ring is 1. The molecule has 0 saturated carbocycles. The van der Waals surface area contributed by atoms with Crippen LogP contribution in [-0.4, -0.2) is 33.9 Å². The SMILES string of the molecule is Nc1cnc(Cl)c(C(O)C(O)CCNC(=O)OCc2ccccc2)c1. The summed E-state index contributed by atoms with van der Waals surface area (Å²) in [5, 5.41) is 22.8. The summed E-state index contributed by atoms with van der Waals surface area (Å²) in [6, 6.07) is 10.7. The number of carbonyl (C=O) groups is 1. The van der Waals surface area contributed by atoms with Gasteiger partial charge in [0, 0.05) is 12.1 Å². The summed E-state index contributed by atoms with van der Waals surface area (Å²) in [5.74, 6) is 0. The Morgan fingerprint density at radius 1 is 1.32 bits per heavy atom. The average molecular weight is 366 g/mol. The summed E-state index contributed by atoms with van der Waals surface area (Å²) in [7, 11) is 0. The van der Waals surface area contributed by atoms with Crippen LogP contribution in [0.2, 0.25) is 5.15 Å². The van der Waals surface area contributed by atoms with Gasteiger partial charge in [0.2, 0.25) is 0 Å². The number of nitrogens with one attached hydrogen (secondary N) is 1. The first kappa shape index (κ1) is 19.0. The number of amides is 1. The van der Waals surface area contributed by atoms with Gasteiger partial charge in [-0.3, -0.25) is 0 Å². The van der Waals surface area contributed by atoms with E-state index >= 15 is 0 Å². The van der Waals surface area contributed by atoms with Crippen LogP contribution < -0.4 is 11.1 Å². The smallest absolute Gasteiger partial charge is 0.407 e. The molecule has 0 saturated heterocycles. The minimum Gasteiger partial charge on any atom is -0.445 e. The number of aliphatic hydroxyl groups is 2. The fourth-order valence-electron chi connectivity index (χ4n) is 2.15. The summed E-state index contributed by atoms with van der Waals surface area (Å²) in [4.78, 5) is 15.4. The van der Waals surface area contributed by atoms with Crippen LogP contribution in [0.4, 0.5) is 10.5 Å². The molecule has 1 amide bonds. The van der Waals surface area contributed by atoms with Gasteiger partial charge in [-0.25, -0.2) is 9.78 Å². The lowest BCUT2D eigenvalue weighted by Crippen LogP contribution is -2.30. The number of pyridine rings is 1. The molecule has 1 aromatic heterocycles. The maximum Gasteiger partial charge on any atom is 0.407 e. The summed E-state index contributed by atoms with van der Waals surface area (Å²) in [6.45, 7) is 0.279. The van der Waals surface area contributed by atoms with Crippen molar-refractivity contribution in [3.05, 3.63) is 58.9 Å². The molecule has 8 heteroatoms. The minimum atomic E-state index is -1.26. The van der Waals surface area contributed by atoms with Crippen molar-refractivity contribution < 1.29 is 19.7 Å². The molecule has 2 aromatic rings. The Hall–Kier alpha value is -2.35. The van der Waals surface area contributed by atoms with E-state index in [-0.39, 0.29) is 30.3 Å². The number of nitrogens with zero attached hydrogens (tertiary/aromatic N) is 1. The first-order chi connectivity index (χ1) is 12.0. The van der Waals surface area contributed by atoms with Crippen LogP contribution in [0.1, 0.15) is 23.7 Å². The van der Waals surface area contributed by atoms with E-state index in [1.165, 1.54) is 12.3 Å². The number of aromatic nitrogens is 1. The molecule has 2 atom stereocenters. The third-order valence-corrected chi connectivity index (χ3v) is 3.81. The third-order valence-electron chi connectivity index (χ3n) is 3.49. The van der Waals surface area contributed by atoms with Crippen molar-refractivity contribution in [1.29, 1.82) is 0 Å². The molecule has 1 heterocycles. The van der Waals surface area contributed by atoms with Gasteiger partial charge in [0.15, 0.2) is 0 Å². The second-order valence-electron chi connectivity index (χ2n) is 5.44. The summed E-state index contributed by atoms with van der Waals surface area (Å²) < 4.78 is 5.05. The highest BCUT2D eigenvalue weighted by Gasteiger charge is 2.21. The van der Waals surface area contributed by atoms with E-state index < -0.39 is 18.3 Å². The first-order valence-electron chi connectivity index (χ1n) is 7.69. The van der Waals surface area contributed by atoms with Crippen LogP contribution in [0.25, 0.3) is 0 Å². The van der Waals surface area contributed by atoms with Gasteiger partial charge in [-0.15, -0.1) is 0 Å². The number of hydrogen-bond donors (Lipinski definition) is 4. The van der Waals surface area contributed by atoms with Crippen molar-refractivity contribution in [2.45, 2.75) is 25.2 Å². The second-order valence-corrected chi connectivity index (χ2v) is 5.80. The largest absolute Gasteiger partial charge is 0.445 e. The molecule has 7 nitrogen and oxygen atoms in total.